The van der Waals surface area contributed by atoms with Crippen LogP contribution >= 0.6 is 15.9 Å². The molecule has 0 aliphatic rings. The number of rotatable bonds is 1. The van der Waals surface area contributed by atoms with Crippen LogP contribution in [0.2, 0.25) is 0 Å². The van der Waals surface area contributed by atoms with E-state index in [9.17, 15) is 0 Å². The van der Waals surface area contributed by atoms with Crippen molar-refractivity contribution in [2.75, 3.05) is 0 Å². The average Bonchev–Trinajstić information content (AvgIpc) is 2.73. The number of aromatic amines is 1. The fourth-order valence-corrected chi connectivity index (χ4v) is 2.01. The van der Waals surface area contributed by atoms with Gasteiger partial charge in [0.05, 0.1) is 0 Å². The maximum atomic E-state index is 4.28. The van der Waals surface area contributed by atoms with Gasteiger partial charge in [-0.05, 0) is 35.9 Å². The van der Waals surface area contributed by atoms with Gasteiger partial charge in [0, 0.05) is 21.7 Å². The zero-order valence-corrected chi connectivity index (χ0v) is 10.0. The summed E-state index contributed by atoms with van der Waals surface area (Å²) in [6.07, 6.45) is 1.80. The number of benzene rings is 1. The van der Waals surface area contributed by atoms with Gasteiger partial charge in [0.15, 0.2) is 0 Å². The number of nitrogens with zero attached hydrogens (tertiary/aromatic N) is 1. The summed E-state index contributed by atoms with van der Waals surface area (Å²) in [5.41, 5.74) is 3.20. The molecule has 0 saturated heterocycles. The van der Waals surface area contributed by atoms with Crippen molar-refractivity contribution in [3.05, 3.63) is 53.1 Å². The summed E-state index contributed by atoms with van der Waals surface area (Å²) < 4.78 is 1.09. The van der Waals surface area contributed by atoms with E-state index in [1.165, 1.54) is 5.56 Å². The first kappa shape index (κ1) is 9.60. The molecule has 0 saturated carbocycles. The number of aromatic nitrogens is 2. The topological polar surface area (TPSA) is 28.7 Å². The molecule has 0 unspecified atom stereocenters. The van der Waals surface area contributed by atoms with Gasteiger partial charge in [0.2, 0.25) is 0 Å². The molecular weight excluding hydrogens is 264 g/mol. The quantitative estimate of drug-likeness (QED) is 0.713. The predicted octanol–water partition coefficient (Wildman–Crippen LogP) is 3.99. The summed E-state index contributed by atoms with van der Waals surface area (Å²) in [5.74, 6) is 0. The van der Waals surface area contributed by atoms with Crippen molar-refractivity contribution in [1.29, 1.82) is 0 Å². The van der Waals surface area contributed by atoms with Crippen molar-refractivity contribution in [3.63, 3.8) is 0 Å². The second-order valence-corrected chi connectivity index (χ2v) is 4.55. The van der Waals surface area contributed by atoms with Crippen molar-refractivity contribution in [2.45, 2.75) is 0 Å². The monoisotopic (exact) mass is 272 g/mol. The summed E-state index contributed by atoms with van der Waals surface area (Å²) in [5, 5.41) is 1.14. The third-order valence-electron chi connectivity index (χ3n) is 2.55. The molecular formula is C13H9BrN2. The van der Waals surface area contributed by atoms with E-state index in [-0.39, 0.29) is 0 Å². The van der Waals surface area contributed by atoms with Crippen LogP contribution in [0.25, 0.3) is 22.3 Å². The summed E-state index contributed by atoms with van der Waals surface area (Å²) in [7, 11) is 0. The van der Waals surface area contributed by atoms with Crippen molar-refractivity contribution in [2.24, 2.45) is 0 Å². The summed E-state index contributed by atoms with van der Waals surface area (Å²) in [4.78, 5) is 7.59. The highest BCUT2D eigenvalue weighted by Gasteiger charge is 2.02. The van der Waals surface area contributed by atoms with E-state index >= 15 is 0 Å². The van der Waals surface area contributed by atoms with Crippen LogP contribution in [0, 0.1) is 0 Å². The minimum absolute atomic E-state index is 0.931. The van der Waals surface area contributed by atoms with E-state index in [2.05, 4.69) is 50.2 Å². The van der Waals surface area contributed by atoms with Gasteiger partial charge < -0.3 is 4.98 Å². The van der Waals surface area contributed by atoms with Gasteiger partial charge >= 0.3 is 0 Å². The number of hydrogen-bond acceptors (Lipinski definition) is 1. The Bertz CT molecular complexity index is 593. The van der Waals surface area contributed by atoms with Crippen LogP contribution in [0.3, 0.4) is 0 Å². The van der Waals surface area contributed by atoms with Crippen molar-refractivity contribution >= 4 is 27.0 Å². The lowest BCUT2D eigenvalue weighted by atomic mass is 10.1. The SMILES string of the molecule is Brc1ccc(-c2cc3cccnc3[nH]2)cc1. The number of H-pyrrole nitrogens is 1. The van der Waals surface area contributed by atoms with E-state index in [0.29, 0.717) is 0 Å². The maximum absolute atomic E-state index is 4.28. The number of pyridine rings is 1. The van der Waals surface area contributed by atoms with Crippen LogP contribution in [-0.2, 0) is 0 Å². The van der Waals surface area contributed by atoms with Crippen LogP contribution in [0.15, 0.2) is 53.1 Å². The van der Waals surface area contributed by atoms with Gasteiger partial charge in [0.1, 0.15) is 5.65 Å². The Labute approximate surface area is 101 Å². The molecule has 0 amide bonds. The first-order chi connectivity index (χ1) is 7.83. The molecule has 3 rings (SSSR count). The molecule has 16 heavy (non-hydrogen) atoms. The largest absolute Gasteiger partial charge is 0.339 e. The Balaban J connectivity index is 2.15. The fourth-order valence-electron chi connectivity index (χ4n) is 1.74. The number of nitrogens with one attached hydrogen (secondary N) is 1. The van der Waals surface area contributed by atoms with E-state index in [1.54, 1.807) is 6.20 Å². The molecule has 0 fully saturated rings. The highest BCUT2D eigenvalue weighted by molar-refractivity contribution is 9.10. The first-order valence-electron chi connectivity index (χ1n) is 5.02. The first-order valence-corrected chi connectivity index (χ1v) is 5.82. The highest BCUT2D eigenvalue weighted by atomic mass is 79.9. The Morgan fingerprint density at radius 2 is 1.88 bits per heavy atom. The second kappa shape index (κ2) is 3.76. The normalized spacial score (nSPS) is 10.8. The molecule has 3 heteroatoms. The van der Waals surface area contributed by atoms with Crippen molar-refractivity contribution < 1.29 is 0 Å². The van der Waals surface area contributed by atoms with E-state index in [0.717, 1.165) is 21.2 Å². The molecule has 0 radical (unpaired) electrons. The predicted molar refractivity (Wildman–Crippen MR) is 69.2 cm³/mol. The van der Waals surface area contributed by atoms with Crippen LogP contribution in [-0.4, -0.2) is 9.97 Å². The Morgan fingerprint density at radius 3 is 2.62 bits per heavy atom. The number of halogens is 1. The van der Waals surface area contributed by atoms with Gasteiger partial charge in [-0.3, -0.25) is 0 Å². The zero-order chi connectivity index (χ0) is 11.0. The average molecular weight is 273 g/mol. The number of hydrogen-bond donors (Lipinski definition) is 1. The molecule has 1 aromatic carbocycles. The summed E-state index contributed by atoms with van der Waals surface area (Å²) in [6.45, 7) is 0. The van der Waals surface area contributed by atoms with Gasteiger partial charge in [-0.1, -0.05) is 28.1 Å². The smallest absolute Gasteiger partial charge is 0.137 e. The van der Waals surface area contributed by atoms with E-state index in [1.807, 2.05) is 18.2 Å². The molecule has 0 aliphatic carbocycles. The second-order valence-electron chi connectivity index (χ2n) is 3.63. The Morgan fingerprint density at radius 1 is 1.06 bits per heavy atom. The summed E-state index contributed by atoms with van der Waals surface area (Å²) in [6, 6.07) is 14.3. The molecule has 2 heterocycles. The molecule has 0 aliphatic heterocycles. The Hall–Kier alpha value is -1.61. The molecule has 0 atom stereocenters. The molecule has 1 N–H and O–H groups in total. The third-order valence-corrected chi connectivity index (χ3v) is 3.08. The minimum Gasteiger partial charge on any atom is -0.339 e. The summed E-state index contributed by atoms with van der Waals surface area (Å²) >= 11 is 3.43. The maximum Gasteiger partial charge on any atom is 0.137 e. The van der Waals surface area contributed by atoms with Gasteiger partial charge in [-0.2, -0.15) is 0 Å². The van der Waals surface area contributed by atoms with E-state index in [4.69, 9.17) is 0 Å². The van der Waals surface area contributed by atoms with Crippen LogP contribution in [0.1, 0.15) is 0 Å². The molecule has 3 aromatic rings. The minimum atomic E-state index is 0.931. The third kappa shape index (κ3) is 1.63. The molecule has 2 aromatic heterocycles. The van der Waals surface area contributed by atoms with E-state index < -0.39 is 0 Å². The Kier molecular flexibility index (Phi) is 2.26. The zero-order valence-electron chi connectivity index (χ0n) is 8.44. The van der Waals surface area contributed by atoms with Gasteiger partial charge in [-0.25, -0.2) is 4.98 Å². The lowest BCUT2D eigenvalue weighted by Crippen LogP contribution is -1.77. The highest BCUT2D eigenvalue weighted by Crippen LogP contribution is 2.24. The molecule has 2 nitrogen and oxygen atoms in total. The standard InChI is InChI=1S/C13H9BrN2/c14-11-5-3-9(4-6-11)12-8-10-2-1-7-15-13(10)16-12/h1-8H,(H,15,16). The fraction of sp³-hybridized carbons (Fsp3) is 0. The number of fused-ring (bicyclic) bond motifs is 1. The van der Waals surface area contributed by atoms with Crippen LogP contribution in [0.4, 0.5) is 0 Å². The van der Waals surface area contributed by atoms with Gasteiger partial charge in [0.25, 0.3) is 0 Å². The van der Waals surface area contributed by atoms with Gasteiger partial charge in [-0.15, -0.1) is 0 Å². The van der Waals surface area contributed by atoms with Crippen LogP contribution in [0.5, 0.6) is 0 Å². The van der Waals surface area contributed by atoms with Crippen molar-refractivity contribution in [3.8, 4) is 11.3 Å². The molecule has 0 bridgehead atoms. The van der Waals surface area contributed by atoms with Crippen LogP contribution < -0.4 is 0 Å². The van der Waals surface area contributed by atoms with Crippen molar-refractivity contribution in [1.82, 2.24) is 9.97 Å². The molecule has 0 spiro atoms. The lowest BCUT2D eigenvalue weighted by molar-refractivity contribution is 1.32. The lowest BCUT2D eigenvalue weighted by Gasteiger charge is -1.96. The molecule has 78 valence electrons.